The standard InChI is InChI=1S/C8H15N3O3/c9-7(13)14-5-4-11-6(12)8(10)2-1-3-8/h1-5,10H2,(H2,9,13)(H,11,12). The van der Waals surface area contributed by atoms with Gasteiger partial charge in [-0.25, -0.2) is 4.79 Å². The van der Waals surface area contributed by atoms with E-state index in [4.69, 9.17) is 11.5 Å². The van der Waals surface area contributed by atoms with Gasteiger partial charge in [-0.1, -0.05) is 0 Å². The summed E-state index contributed by atoms with van der Waals surface area (Å²) in [5.41, 5.74) is 9.78. The summed E-state index contributed by atoms with van der Waals surface area (Å²) in [6.45, 7) is 0.331. The molecular formula is C8H15N3O3. The summed E-state index contributed by atoms with van der Waals surface area (Å²) in [5.74, 6) is -0.183. The van der Waals surface area contributed by atoms with Gasteiger partial charge in [-0.05, 0) is 19.3 Å². The van der Waals surface area contributed by atoms with E-state index in [1.165, 1.54) is 0 Å². The first-order chi connectivity index (χ1) is 6.54. The number of hydrogen-bond donors (Lipinski definition) is 3. The number of nitrogens with one attached hydrogen (secondary N) is 1. The Hall–Kier alpha value is -1.30. The molecule has 1 rings (SSSR count). The molecule has 1 fully saturated rings. The van der Waals surface area contributed by atoms with Crippen molar-refractivity contribution in [2.75, 3.05) is 13.2 Å². The monoisotopic (exact) mass is 201 g/mol. The predicted molar refractivity (Wildman–Crippen MR) is 49.3 cm³/mol. The molecule has 80 valence electrons. The average Bonchev–Trinajstić information content (AvgIpc) is 2.07. The quantitative estimate of drug-likeness (QED) is 0.511. The summed E-state index contributed by atoms with van der Waals surface area (Å²) in [7, 11) is 0. The van der Waals surface area contributed by atoms with Gasteiger partial charge in [-0.15, -0.1) is 0 Å². The van der Waals surface area contributed by atoms with E-state index in [0.717, 1.165) is 19.3 Å². The maximum absolute atomic E-state index is 11.4. The summed E-state index contributed by atoms with van der Waals surface area (Å²) < 4.78 is 4.44. The molecule has 0 saturated heterocycles. The van der Waals surface area contributed by atoms with E-state index in [2.05, 4.69) is 10.1 Å². The fraction of sp³-hybridized carbons (Fsp3) is 0.750. The van der Waals surface area contributed by atoms with Gasteiger partial charge in [-0.2, -0.15) is 0 Å². The topological polar surface area (TPSA) is 107 Å². The number of nitrogens with two attached hydrogens (primary N) is 2. The molecule has 6 heteroatoms. The van der Waals surface area contributed by atoms with Crippen LogP contribution in [0, 0.1) is 0 Å². The van der Waals surface area contributed by atoms with Crippen molar-refractivity contribution in [3.63, 3.8) is 0 Å². The van der Waals surface area contributed by atoms with Gasteiger partial charge in [0, 0.05) is 0 Å². The van der Waals surface area contributed by atoms with Crippen molar-refractivity contribution >= 4 is 12.0 Å². The van der Waals surface area contributed by atoms with Crippen molar-refractivity contribution in [2.45, 2.75) is 24.8 Å². The number of amides is 2. The van der Waals surface area contributed by atoms with Crippen LogP contribution in [0.15, 0.2) is 0 Å². The van der Waals surface area contributed by atoms with Gasteiger partial charge in [0.25, 0.3) is 0 Å². The molecule has 0 aromatic carbocycles. The molecule has 0 bridgehead atoms. The largest absolute Gasteiger partial charge is 0.448 e. The first-order valence-electron chi connectivity index (χ1n) is 4.54. The molecule has 1 saturated carbocycles. The van der Waals surface area contributed by atoms with Gasteiger partial charge in [0.15, 0.2) is 0 Å². The van der Waals surface area contributed by atoms with E-state index in [0.29, 0.717) is 0 Å². The van der Waals surface area contributed by atoms with Crippen LogP contribution in [0.3, 0.4) is 0 Å². The van der Waals surface area contributed by atoms with Crippen LogP contribution in [0.1, 0.15) is 19.3 Å². The molecule has 0 aliphatic heterocycles. The van der Waals surface area contributed by atoms with Gasteiger partial charge in [0.05, 0.1) is 12.1 Å². The Balaban J connectivity index is 2.12. The first kappa shape index (κ1) is 10.8. The minimum Gasteiger partial charge on any atom is -0.448 e. The molecule has 0 heterocycles. The van der Waals surface area contributed by atoms with Crippen LogP contribution < -0.4 is 16.8 Å². The van der Waals surface area contributed by atoms with E-state index < -0.39 is 11.6 Å². The number of rotatable bonds is 4. The Morgan fingerprint density at radius 2 is 2.07 bits per heavy atom. The lowest BCUT2D eigenvalue weighted by molar-refractivity contribution is -0.129. The summed E-state index contributed by atoms with van der Waals surface area (Å²) in [6.07, 6.45) is 1.58. The average molecular weight is 201 g/mol. The second-order valence-corrected chi connectivity index (χ2v) is 3.43. The lowest BCUT2D eigenvalue weighted by Crippen LogP contribution is -2.58. The molecule has 6 nitrogen and oxygen atoms in total. The number of primary amides is 1. The van der Waals surface area contributed by atoms with E-state index in [9.17, 15) is 9.59 Å². The highest BCUT2D eigenvalue weighted by molar-refractivity contribution is 5.86. The van der Waals surface area contributed by atoms with Crippen LogP contribution >= 0.6 is 0 Å². The molecule has 1 aliphatic rings. The molecule has 0 radical (unpaired) electrons. The summed E-state index contributed by atoms with van der Waals surface area (Å²) >= 11 is 0. The van der Waals surface area contributed by atoms with Crippen LogP contribution in [-0.2, 0) is 9.53 Å². The van der Waals surface area contributed by atoms with Gasteiger partial charge < -0.3 is 21.5 Å². The van der Waals surface area contributed by atoms with Crippen LogP contribution in [0.4, 0.5) is 4.79 Å². The molecule has 0 spiro atoms. The fourth-order valence-corrected chi connectivity index (χ4v) is 1.28. The van der Waals surface area contributed by atoms with E-state index in [-0.39, 0.29) is 19.1 Å². The van der Waals surface area contributed by atoms with Crippen molar-refractivity contribution in [3.05, 3.63) is 0 Å². The maximum Gasteiger partial charge on any atom is 0.404 e. The molecule has 2 amide bonds. The molecule has 0 aromatic rings. The number of carbonyl (C=O) groups excluding carboxylic acids is 2. The van der Waals surface area contributed by atoms with Crippen LogP contribution in [0.25, 0.3) is 0 Å². The summed E-state index contributed by atoms with van der Waals surface area (Å²) in [6, 6.07) is 0. The van der Waals surface area contributed by atoms with E-state index in [1.807, 2.05) is 0 Å². The van der Waals surface area contributed by atoms with Crippen LogP contribution in [0.2, 0.25) is 0 Å². The molecular weight excluding hydrogens is 186 g/mol. The van der Waals surface area contributed by atoms with Crippen molar-refractivity contribution in [1.82, 2.24) is 5.32 Å². The number of ether oxygens (including phenoxy) is 1. The van der Waals surface area contributed by atoms with Crippen molar-refractivity contribution < 1.29 is 14.3 Å². The zero-order valence-corrected chi connectivity index (χ0v) is 7.91. The van der Waals surface area contributed by atoms with Crippen molar-refractivity contribution in [3.8, 4) is 0 Å². The van der Waals surface area contributed by atoms with Crippen molar-refractivity contribution in [1.29, 1.82) is 0 Å². The normalized spacial score (nSPS) is 18.1. The minimum atomic E-state index is -0.842. The molecule has 0 atom stereocenters. The zero-order chi connectivity index (χ0) is 10.6. The van der Waals surface area contributed by atoms with Crippen LogP contribution in [-0.4, -0.2) is 30.7 Å². The highest BCUT2D eigenvalue weighted by atomic mass is 16.5. The SMILES string of the molecule is NC(=O)OCCNC(=O)C1(N)CCC1. The summed E-state index contributed by atoms with van der Waals surface area (Å²) in [4.78, 5) is 21.6. The van der Waals surface area contributed by atoms with E-state index >= 15 is 0 Å². The third kappa shape index (κ3) is 2.59. The molecule has 14 heavy (non-hydrogen) atoms. The fourth-order valence-electron chi connectivity index (χ4n) is 1.28. The van der Waals surface area contributed by atoms with Crippen LogP contribution in [0.5, 0.6) is 0 Å². The predicted octanol–water partition coefficient (Wildman–Crippen LogP) is -0.921. The van der Waals surface area contributed by atoms with Gasteiger partial charge >= 0.3 is 6.09 Å². The maximum atomic E-state index is 11.4. The lowest BCUT2D eigenvalue weighted by Gasteiger charge is -2.36. The number of hydrogen-bond acceptors (Lipinski definition) is 4. The second-order valence-electron chi connectivity index (χ2n) is 3.43. The Bertz CT molecular complexity index is 238. The van der Waals surface area contributed by atoms with Gasteiger partial charge in [0.1, 0.15) is 6.61 Å². The Labute approximate surface area is 82.0 Å². The molecule has 0 aromatic heterocycles. The zero-order valence-electron chi connectivity index (χ0n) is 7.91. The Kier molecular flexibility index (Phi) is 3.29. The molecule has 1 aliphatic carbocycles. The summed E-state index contributed by atoms with van der Waals surface area (Å²) in [5, 5.41) is 2.58. The van der Waals surface area contributed by atoms with Crippen molar-refractivity contribution in [2.24, 2.45) is 11.5 Å². The molecule has 5 N–H and O–H groups in total. The number of carbonyl (C=O) groups is 2. The Morgan fingerprint density at radius 3 is 2.50 bits per heavy atom. The van der Waals surface area contributed by atoms with Gasteiger partial charge in [-0.3, -0.25) is 4.79 Å². The lowest BCUT2D eigenvalue weighted by atomic mass is 9.77. The van der Waals surface area contributed by atoms with E-state index in [1.54, 1.807) is 0 Å². The third-order valence-corrected chi connectivity index (χ3v) is 2.33. The first-order valence-corrected chi connectivity index (χ1v) is 4.54. The van der Waals surface area contributed by atoms with Gasteiger partial charge in [0.2, 0.25) is 5.91 Å². The minimum absolute atomic E-state index is 0.0805. The molecule has 0 unspecified atom stereocenters. The highest BCUT2D eigenvalue weighted by Crippen LogP contribution is 2.28. The highest BCUT2D eigenvalue weighted by Gasteiger charge is 2.39. The smallest absolute Gasteiger partial charge is 0.404 e. The Morgan fingerprint density at radius 1 is 1.43 bits per heavy atom. The third-order valence-electron chi connectivity index (χ3n) is 2.33. The second kappa shape index (κ2) is 4.28.